The van der Waals surface area contributed by atoms with E-state index in [4.69, 9.17) is 4.74 Å². The summed E-state index contributed by atoms with van der Waals surface area (Å²) in [6.45, 7) is 10.3. The van der Waals surface area contributed by atoms with Crippen LogP contribution in [0.3, 0.4) is 0 Å². The Morgan fingerprint density at radius 1 is 0.909 bits per heavy atom. The summed E-state index contributed by atoms with van der Waals surface area (Å²) in [6.07, 6.45) is 0.969. The maximum absolute atomic E-state index is 5.81. The third-order valence-electron chi connectivity index (χ3n) is 3.94. The van der Waals surface area contributed by atoms with Gasteiger partial charge in [0.1, 0.15) is 0 Å². The third kappa shape index (κ3) is 4.99. The lowest BCUT2D eigenvalue weighted by Crippen LogP contribution is -2.12. The van der Waals surface area contributed by atoms with Crippen LogP contribution in [0, 0.1) is 5.92 Å². The smallest absolute Gasteiger partial charge is 0.0569 e. The fraction of sp³-hybridized carbons (Fsp3) is 0.381. The van der Waals surface area contributed by atoms with Gasteiger partial charge < -0.3 is 4.74 Å². The highest BCUT2D eigenvalue weighted by molar-refractivity contribution is 5.34. The van der Waals surface area contributed by atoms with Gasteiger partial charge in [-0.05, 0) is 28.5 Å². The predicted octanol–water partition coefficient (Wildman–Crippen LogP) is 5.19. The molecule has 117 valence electrons. The highest BCUT2D eigenvalue weighted by atomic mass is 16.5. The normalized spacial score (nSPS) is 11.9. The van der Waals surface area contributed by atoms with Gasteiger partial charge in [-0.2, -0.15) is 0 Å². The van der Waals surface area contributed by atoms with Crippen LogP contribution in [-0.2, 0) is 16.6 Å². The molecule has 0 atom stereocenters. The molecule has 0 fully saturated rings. The monoisotopic (exact) mass is 295 g/mol. The zero-order valence-electron chi connectivity index (χ0n) is 14.2. The molecule has 1 radical (unpaired) electrons. The number of hydrogen-bond donors (Lipinski definition) is 0. The number of hydrogen-bond acceptors (Lipinski definition) is 1. The van der Waals surface area contributed by atoms with Crippen molar-refractivity contribution in [3.05, 3.63) is 77.2 Å². The van der Waals surface area contributed by atoms with Crippen LogP contribution >= 0.6 is 0 Å². The van der Waals surface area contributed by atoms with Crippen LogP contribution in [0.4, 0.5) is 0 Å². The van der Waals surface area contributed by atoms with Gasteiger partial charge in [0, 0.05) is 5.92 Å². The average Bonchev–Trinajstić information content (AvgIpc) is 2.52. The Morgan fingerprint density at radius 2 is 1.55 bits per heavy atom. The van der Waals surface area contributed by atoms with E-state index >= 15 is 0 Å². The molecule has 0 aromatic heterocycles. The lowest BCUT2D eigenvalue weighted by Gasteiger charge is -2.20. The Hall–Kier alpha value is -1.60. The first-order valence-electron chi connectivity index (χ1n) is 8.02. The van der Waals surface area contributed by atoms with Crippen molar-refractivity contribution < 1.29 is 4.74 Å². The molecule has 0 aliphatic carbocycles. The van der Waals surface area contributed by atoms with Gasteiger partial charge in [0.05, 0.1) is 13.2 Å². The molecule has 1 heteroatoms. The van der Waals surface area contributed by atoms with E-state index in [-0.39, 0.29) is 5.41 Å². The van der Waals surface area contributed by atoms with Crippen molar-refractivity contribution in [2.75, 3.05) is 13.2 Å². The summed E-state index contributed by atoms with van der Waals surface area (Å²) in [4.78, 5) is 0. The molecule has 22 heavy (non-hydrogen) atoms. The number of ether oxygens (including phenoxy) is 1. The van der Waals surface area contributed by atoms with Gasteiger partial charge in [0.15, 0.2) is 0 Å². The molecule has 0 aliphatic rings. The molecule has 2 rings (SSSR count). The van der Waals surface area contributed by atoms with Crippen molar-refractivity contribution in [1.82, 2.24) is 0 Å². The standard InChI is InChI=1S/C21H27O/c1-17(16-22-15-14-18-8-6-5-7-9-18)19-10-12-20(13-11-19)21(2,3)4/h5-13H,14-16H2,1-4H3. The Labute approximate surface area is 135 Å². The average molecular weight is 295 g/mol. The Balaban J connectivity index is 1.78. The number of rotatable bonds is 6. The second-order valence-corrected chi connectivity index (χ2v) is 6.90. The summed E-state index contributed by atoms with van der Waals surface area (Å²) in [5.74, 6) is 1.29. The molecule has 2 aromatic carbocycles. The predicted molar refractivity (Wildman–Crippen MR) is 94.1 cm³/mol. The van der Waals surface area contributed by atoms with E-state index in [1.165, 1.54) is 22.6 Å². The van der Waals surface area contributed by atoms with Crippen molar-refractivity contribution >= 4 is 0 Å². The molecule has 0 saturated heterocycles. The lowest BCUT2D eigenvalue weighted by molar-refractivity contribution is 0.150. The lowest BCUT2D eigenvalue weighted by atomic mass is 9.86. The summed E-state index contributed by atoms with van der Waals surface area (Å²) in [5, 5.41) is 0. The fourth-order valence-electron chi connectivity index (χ4n) is 2.40. The van der Waals surface area contributed by atoms with E-state index < -0.39 is 0 Å². The van der Waals surface area contributed by atoms with Crippen molar-refractivity contribution in [3.63, 3.8) is 0 Å². The van der Waals surface area contributed by atoms with Crippen LogP contribution in [0.5, 0.6) is 0 Å². The molecule has 0 amide bonds. The zero-order valence-corrected chi connectivity index (χ0v) is 14.2. The van der Waals surface area contributed by atoms with Gasteiger partial charge in [0.2, 0.25) is 0 Å². The van der Waals surface area contributed by atoms with E-state index in [9.17, 15) is 0 Å². The van der Waals surface area contributed by atoms with E-state index in [0.29, 0.717) is 6.61 Å². The SMILES string of the molecule is C[C](COCCc1ccccc1)c1ccc(C(C)(C)C)cc1. The molecule has 0 bridgehead atoms. The fourth-order valence-corrected chi connectivity index (χ4v) is 2.40. The first-order chi connectivity index (χ1) is 10.5. The quantitative estimate of drug-likeness (QED) is 0.667. The summed E-state index contributed by atoms with van der Waals surface area (Å²) in [7, 11) is 0. The molecule has 0 saturated carbocycles. The minimum atomic E-state index is 0.207. The van der Waals surface area contributed by atoms with Crippen LogP contribution in [0.1, 0.15) is 44.4 Å². The maximum Gasteiger partial charge on any atom is 0.0569 e. The highest BCUT2D eigenvalue weighted by Gasteiger charge is 2.14. The number of benzene rings is 2. The van der Waals surface area contributed by atoms with Gasteiger partial charge in [-0.25, -0.2) is 0 Å². The van der Waals surface area contributed by atoms with E-state index in [1.54, 1.807) is 0 Å². The Bertz CT molecular complexity index is 549. The van der Waals surface area contributed by atoms with Gasteiger partial charge in [-0.15, -0.1) is 0 Å². The molecule has 0 heterocycles. The summed E-state index contributed by atoms with van der Waals surface area (Å²) in [5.41, 5.74) is 4.18. The van der Waals surface area contributed by atoms with Crippen LogP contribution in [0.15, 0.2) is 54.6 Å². The van der Waals surface area contributed by atoms with Gasteiger partial charge in [-0.3, -0.25) is 0 Å². The molecule has 2 aromatic rings. The first kappa shape index (κ1) is 16.8. The third-order valence-corrected chi connectivity index (χ3v) is 3.94. The van der Waals surface area contributed by atoms with Crippen molar-refractivity contribution in [1.29, 1.82) is 0 Å². The minimum Gasteiger partial charge on any atom is -0.380 e. The highest BCUT2D eigenvalue weighted by Crippen LogP contribution is 2.24. The molecule has 0 unspecified atom stereocenters. The molecular weight excluding hydrogens is 268 g/mol. The van der Waals surface area contributed by atoms with Crippen molar-refractivity contribution in [2.24, 2.45) is 0 Å². The summed E-state index contributed by atoms with van der Waals surface area (Å²) >= 11 is 0. The molecule has 0 aliphatic heterocycles. The van der Waals surface area contributed by atoms with Crippen LogP contribution < -0.4 is 0 Å². The van der Waals surface area contributed by atoms with E-state index in [0.717, 1.165) is 13.0 Å². The van der Waals surface area contributed by atoms with Crippen molar-refractivity contribution in [2.45, 2.75) is 39.5 Å². The van der Waals surface area contributed by atoms with E-state index in [1.807, 2.05) is 6.07 Å². The topological polar surface area (TPSA) is 9.23 Å². The van der Waals surface area contributed by atoms with Crippen LogP contribution in [0.2, 0.25) is 0 Å². The summed E-state index contributed by atoms with van der Waals surface area (Å²) < 4.78 is 5.81. The Morgan fingerprint density at radius 3 is 2.14 bits per heavy atom. The van der Waals surface area contributed by atoms with Gasteiger partial charge in [-0.1, -0.05) is 82.3 Å². The largest absolute Gasteiger partial charge is 0.380 e. The van der Waals surface area contributed by atoms with Crippen molar-refractivity contribution in [3.8, 4) is 0 Å². The maximum atomic E-state index is 5.81. The summed E-state index contributed by atoms with van der Waals surface area (Å²) in [6, 6.07) is 19.3. The van der Waals surface area contributed by atoms with Gasteiger partial charge in [0.25, 0.3) is 0 Å². The molecule has 0 N–H and O–H groups in total. The van der Waals surface area contributed by atoms with Crippen LogP contribution in [0.25, 0.3) is 0 Å². The van der Waals surface area contributed by atoms with E-state index in [2.05, 4.69) is 76.2 Å². The molecule has 1 nitrogen and oxygen atoms in total. The second-order valence-electron chi connectivity index (χ2n) is 6.90. The first-order valence-corrected chi connectivity index (χ1v) is 8.02. The van der Waals surface area contributed by atoms with Gasteiger partial charge >= 0.3 is 0 Å². The van der Waals surface area contributed by atoms with Crippen LogP contribution in [-0.4, -0.2) is 13.2 Å². The second kappa shape index (κ2) is 7.60. The molecule has 0 spiro atoms. The minimum absolute atomic E-state index is 0.207. The Kier molecular flexibility index (Phi) is 5.79. The zero-order chi connectivity index (χ0) is 16.0. The molecular formula is C21H27O.